The van der Waals surface area contributed by atoms with Crippen LogP contribution in [0.4, 0.5) is 4.39 Å². The van der Waals surface area contributed by atoms with Gasteiger partial charge in [-0.05, 0) is 40.8 Å². The Bertz CT molecular complexity index is 497. The molecular formula is C15H22BrCl2FN2O. The van der Waals surface area contributed by atoms with E-state index in [1.54, 1.807) is 6.07 Å². The third-order valence-electron chi connectivity index (χ3n) is 4.56. The highest BCUT2D eigenvalue weighted by molar-refractivity contribution is 9.10. The quantitative estimate of drug-likeness (QED) is 0.786. The van der Waals surface area contributed by atoms with Gasteiger partial charge in [0, 0.05) is 37.8 Å². The van der Waals surface area contributed by atoms with Gasteiger partial charge < -0.3 is 10.4 Å². The summed E-state index contributed by atoms with van der Waals surface area (Å²) >= 11 is 3.13. The zero-order valence-corrected chi connectivity index (χ0v) is 15.4. The Morgan fingerprint density at radius 3 is 2.41 bits per heavy atom. The highest BCUT2D eigenvalue weighted by Gasteiger charge is 2.35. The van der Waals surface area contributed by atoms with Crippen LogP contribution in [0.5, 0.6) is 5.75 Å². The van der Waals surface area contributed by atoms with E-state index in [1.165, 1.54) is 19.3 Å². The standard InChI is InChI=1S/C15H20BrFN2O.2ClH/c16-12-5-4-11(15(20)13(12)17)14(10-2-1-3-10)19-8-6-18-7-9-19;;/h4-5,10,14,18,20H,1-3,6-9H2;2*1H/t14-;;/m0../s1. The molecular weight excluding hydrogens is 394 g/mol. The van der Waals surface area contributed by atoms with Crippen molar-refractivity contribution in [2.75, 3.05) is 26.2 Å². The summed E-state index contributed by atoms with van der Waals surface area (Å²) in [4.78, 5) is 2.39. The minimum absolute atomic E-state index is 0. The van der Waals surface area contributed by atoms with E-state index in [2.05, 4.69) is 26.1 Å². The fourth-order valence-electron chi connectivity index (χ4n) is 3.26. The van der Waals surface area contributed by atoms with E-state index in [4.69, 9.17) is 0 Å². The molecule has 1 saturated carbocycles. The lowest BCUT2D eigenvalue weighted by atomic mass is 9.76. The summed E-state index contributed by atoms with van der Waals surface area (Å²) in [5, 5.41) is 13.5. The lowest BCUT2D eigenvalue weighted by Gasteiger charge is -2.43. The molecule has 0 bridgehead atoms. The molecule has 2 aliphatic rings. The Morgan fingerprint density at radius 1 is 1.23 bits per heavy atom. The highest BCUT2D eigenvalue weighted by atomic mass is 79.9. The van der Waals surface area contributed by atoms with E-state index < -0.39 is 5.82 Å². The van der Waals surface area contributed by atoms with E-state index in [0.29, 0.717) is 10.4 Å². The van der Waals surface area contributed by atoms with Gasteiger partial charge in [-0.3, -0.25) is 4.90 Å². The number of hydrogen-bond donors (Lipinski definition) is 2. The summed E-state index contributed by atoms with van der Waals surface area (Å²) in [7, 11) is 0. The Hall–Kier alpha value is -0.0700. The van der Waals surface area contributed by atoms with Crippen LogP contribution < -0.4 is 5.32 Å². The van der Waals surface area contributed by atoms with E-state index in [9.17, 15) is 9.50 Å². The first-order chi connectivity index (χ1) is 9.68. The molecule has 7 heteroatoms. The lowest BCUT2D eigenvalue weighted by molar-refractivity contribution is 0.0815. The fourth-order valence-corrected chi connectivity index (χ4v) is 3.58. The zero-order valence-electron chi connectivity index (χ0n) is 12.2. The zero-order chi connectivity index (χ0) is 14.1. The third kappa shape index (κ3) is 3.88. The van der Waals surface area contributed by atoms with Gasteiger partial charge in [-0.25, -0.2) is 4.39 Å². The van der Waals surface area contributed by atoms with Crippen LogP contribution in [-0.2, 0) is 0 Å². The molecule has 0 aromatic heterocycles. The topological polar surface area (TPSA) is 35.5 Å². The molecule has 126 valence electrons. The number of aromatic hydroxyl groups is 1. The van der Waals surface area contributed by atoms with Gasteiger partial charge in [0.15, 0.2) is 11.6 Å². The van der Waals surface area contributed by atoms with Gasteiger partial charge in [0.25, 0.3) is 0 Å². The summed E-state index contributed by atoms with van der Waals surface area (Å²) < 4.78 is 14.3. The number of benzene rings is 1. The second kappa shape index (κ2) is 8.69. The van der Waals surface area contributed by atoms with Crippen LogP contribution in [-0.4, -0.2) is 36.2 Å². The van der Waals surface area contributed by atoms with Gasteiger partial charge in [-0.15, -0.1) is 24.8 Å². The van der Waals surface area contributed by atoms with Gasteiger partial charge in [0.2, 0.25) is 0 Å². The summed E-state index contributed by atoms with van der Waals surface area (Å²) in [6.07, 6.45) is 3.59. The maximum Gasteiger partial charge on any atom is 0.179 e. The first-order valence-electron chi connectivity index (χ1n) is 7.30. The molecule has 0 amide bonds. The number of halogens is 4. The molecule has 1 aromatic carbocycles. The van der Waals surface area contributed by atoms with Crippen LogP contribution >= 0.6 is 40.7 Å². The molecule has 3 rings (SSSR count). The molecule has 2 N–H and O–H groups in total. The van der Waals surface area contributed by atoms with Crippen molar-refractivity contribution in [3.8, 4) is 5.75 Å². The van der Waals surface area contributed by atoms with E-state index in [1.807, 2.05) is 6.07 Å². The van der Waals surface area contributed by atoms with Crippen LogP contribution in [0.3, 0.4) is 0 Å². The maximum absolute atomic E-state index is 14.0. The van der Waals surface area contributed by atoms with Gasteiger partial charge in [0.05, 0.1) is 4.47 Å². The molecule has 1 heterocycles. The largest absolute Gasteiger partial charge is 0.505 e. The first-order valence-corrected chi connectivity index (χ1v) is 8.09. The van der Waals surface area contributed by atoms with Gasteiger partial charge in [0.1, 0.15) is 0 Å². The van der Waals surface area contributed by atoms with Crippen molar-refractivity contribution in [3.05, 3.63) is 28.0 Å². The van der Waals surface area contributed by atoms with Gasteiger partial charge >= 0.3 is 0 Å². The average molecular weight is 416 g/mol. The predicted octanol–water partition coefficient (Wildman–Crippen LogP) is 3.88. The van der Waals surface area contributed by atoms with Crippen molar-refractivity contribution in [2.24, 2.45) is 5.92 Å². The maximum atomic E-state index is 14.0. The molecule has 1 aliphatic carbocycles. The summed E-state index contributed by atoms with van der Waals surface area (Å²) in [5.41, 5.74) is 0.748. The molecule has 1 atom stereocenters. The molecule has 22 heavy (non-hydrogen) atoms. The smallest absolute Gasteiger partial charge is 0.179 e. The van der Waals surface area contributed by atoms with Crippen LogP contribution in [0.25, 0.3) is 0 Å². The van der Waals surface area contributed by atoms with Crippen molar-refractivity contribution in [2.45, 2.75) is 25.3 Å². The van der Waals surface area contributed by atoms with Gasteiger partial charge in [-0.2, -0.15) is 0 Å². The molecule has 1 aliphatic heterocycles. The number of piperazine rings is 1. The Kier molecular flexibility index (Phi) is 7.89. The minimum Gasteiger partial charge on any atom is -0.505 e. The number of nitrogens with one attached hydrogen (secondary N) is 1. The number of rotatable bonds is 3. The lowest BCUT2D eigenvalue weighted by Crippen LogP contribution is -2.47. The Labute approximate surface area is 151 Å². The third-order valence-corrected chi connectivity index (χ3v) is 5.17. The molecule has 2 fully saturated rings. The Balaban J connectivity index is 0.00000121. The van der Waals surface area contributed by atoms with E-state index >= 15 is 0 Å². The van der Waals surface area contributed by atoms with Crippen molar-refractivity contribution >= 4 is 40.7 Å². The van der Waals surface area contributed by atoms with Crippen molar-refractivity contribution in [1.29, 1.82) is 0 Å². The van der Waals surface area contributed by atoms with Crippen LogP contribution in [0.2, 0.25) is 0 Å². The van der Waals surface area contributed by atoms with Crippen LogP contribution in [0.1, 0.15) is 30.9 Å². The minimum atomic E-state index is -0.540. The second-order valence-electron chi connectivity index (χ2n) is 5.72. The second-order valence-corrected chi connectivity index (χ2v) is 6.58. The van der Waals surface area contributed by atoms with Gasteiger partial charge in [-0.1, -0.05) is 12.5 Å². The number of phenolic OH excluding ortho intramolecular Hbond substituents is 1. The summed E-state index contributed by atoms with van der Waals surface area (Å²) in [5.74, 6) is -0.184. The normalized spacial score (nSPS) is 20.5. The summed E-state index contributed by atoms with van der Waals surface area (Å²) in [6, 6.07) is 3.72. The fraction of sp³-hybridized carbons (Fsp3) is 0.600. The molecule has 1 saturated heterocycles. The molecule has 3 nitrogen and oxygen atoms in total. The molecule has 0 radical (unpaired) electrons. The Morgan fingerprint density at radius 2 is 1.86 bits per heavy atom. The highest BCUT2D eigenvalue weighted by Crippen LogP contribution is 2.45. The number of hydrogen-bond acceptors (Lipinski definition) is 3. The molecule has 0 spiro atoms. The monoisotopic (exact) mass is 414 g/mol. The molecule has 1 aromatic rings. The van der Waals surface area contributed by atoms with Crippen LogP contribution in [0, 0.1) is 11.7 Å². The van der Waals surface area contributed by atoms with Crippen molar-refractivity contribution in [1.82, 2.24) is 10.2 Å². The summed E-state index contributed by atoms with van der Waals surface area (Å²) in [6.45, 7) is 3.84. The predicted molar refractivity (Wildman–Crippen MR) is 94.8 cm³/mol. The number of phenols is 1. The van der Waals surface area contributed by atoms with Crippen molar-refractivity contribution in [3.63, 3.8) is 0 Å². The average Bonchev–Trinajstić information content (AvgIpc) is 2.42. The van der Waals surface area contributed by atoms with Crippen LogP contribution in [0.15, 0.2) is 16.6 Å². The SMILES string of the molecule is Cl.Cl.Oc1c([C@H](C2CCC2)N2CCNCC2)ccc(Br)c1F. The van der Waals surface area contributed by atoms with E-state index in [0.717, 1.165) is 31.7 Å². The first kappa shape index (κ1) is 20.0. The van der Waals surface area contributed by atoms with E-state index in [-0.39, 0.29) is 36.6 Å². The van der Waals surface area contributed by atoms with Crippen molar-refractivity contribution < 1.29 is 9.50 Å². The number of nitrogens with zero attached hydrogens (tertiary/aromatic N) is 1. The molecule has 0 unspecified atom stereocenters.